The van der Waals surface area contributed by atoms with Gasteiger partial charge in [0.2, 0.25) is 0 Å². The monoisotopic (exact) mass is 240 g/mol. The molecule has 16 heavy (non-hydrogen) atoms. The number of carbonyl (C=O) groups excluding carboxylic acids is 1. The molecule has 0 N–H and O–H groups in total. The summed E-state index contributed by atoms with van der Waals surface area (Å²) in [6, 6.07) is 4.52. The highest BCUT2D eigenvalue weighted by atomic mass is 32.1. The molecule has 2 nitrogen and oxygen atoms in total. The Morgan fingerprint density at radius 1 is 1.25 bits per heavy atom. The maximum absolute atomic E-state index is 13.2. The normalized spacial score (nSPS) is 10.1. The molecule has 0 saturated heterocycles. The van der Waals surface area contributed by atoms with Gasteiger partial charge in [0, 0.05) is 17.5 Å². The first-order valence-electron chi connectivity index (χ1n) is 4.35. The summed E-state index contributed by atoms with van der Waals surface area (Å²) in [4.78, 5) is 10.9. The van der Waals surface area contributed by atoms with Crippen LogP contribution in [0.2, 0.25) is 0 Å². The largest absolute Gasteiger partial charge is 0.453 e. The average molecular weight is 240 g/mol. The highest BCUT2D eigenvalue weighted by Gasteiger charge is 2.07. The summed E-state index contributed by atoms with van der Waals surface area (Å²) >= 11 is 1.19. The molecule has 0 aliphatic rings. The smallest absolute Gasteiger partial charge is 0.168 e. The van der Waals surface area contributed by atoms with Crippen molar-refractivity contribution in [3.8, 4) is 11.5 Å². The van der Waals surface area contributed by atoms with Gasteiger partial charge < -0.3 is 4.74 Å². The van der Waals surface area contributed by atoms with Crippen LogP contribution in [-0.2, 0) is 0 Å². The number of hydrogen-bond acceptors (Lipinski definition) is 3. The van der Waals surface area contributed by atoms with Crippen LogP contribution >= 0.6 is 11.3 Å². The van der Waals surface area contributed by atoms with Gasteiger partial charge in [-0.15, -0.1) is 11.3 Å². The van der Waals surface area contributed by atoms with Gasteiger partial charge in [-0.3, -0.25) is 4.79 Å². The molecular formula is C11H6F2O2S. The Morgan fingerprint density at radius 3 is 2.69 bits per heavy atom. The van der Waals surface area contributed by atoms with Gasteiger partial charge in [-0.1, -0.05) is 0 Å². The summed E-state index contributed by atoms with van der Waals surface area (Å²) in [5.41, 5.74) is 0. The quantitative estimate of drug-likeness (QED) is 0.766. The molecule has 0 aliphatic heterocycles. The Hall–Kier alpha value is -1.75. The lowest BCUT2D eigenvalue weighted by atomic mass is 10.3. The summed E-state index contributed by atoms with van der Waals surface area (Å²) in [5, 5.41) is 1.58. The molecule has 1 aromatic heterocycles. The predicted octanol–water partition coefficient (Wildman–Crippen LogP) is 3.63. The third-order valence-electron chi connectivity index (χ3n) is 1.83. The van der Waals surface area contributed by atoms with Crippen molar-refractivity contribution >= 4 is 17.6 Å². The van der Waals surface area contributed by atoms with Crippen LogP contribution in [0.1, 0.15) is 9.67 Å². The predicted molar refractivity (Wildman–Crippen MR) is 56.1 cm³/mol. The van der Waals surface area contributed by atoms with E-state index in [2.05, 4.69) is 0 Å². The number of benzene rings is 1. The SMILES string of the molecule is O=Cc1cc(Oc2ccc(F)cc2F)cs1. The van der Waals surface area contributed by atoms with Crippen LogP contribution in [0.5, 0.6) is 11.5 Å². The van der Waals surface area contributed by atoms with Crippen molar-refractivity contribution in [2.45, 2.75) is 0 Å². The van der Waals surface area contributed by atoms with Crippen molar-refractivity contribution in [2.24, 2.45) is 0 Å². The molecule has 0 spiro atoms. The topological polar surface area (TPSA) is 26.3 Å². The molecule has 2 rings (SSSR count). The van der Waals surface area contributed by atoms with Crippen LogP contribution in [-0.4, -0.2) is 6.29 Å². The number of halogens is 2. The van der Waals surface area contributed by atoms with Crippen molar-refractivity contribution in [3.63, 3.8) is 0 Å². The first-order valence-corrected chi connectivity index (χ1v) is 5.23. The highest BCUT2D eigenvalue weighted by Crippen LogP contribution is 2.28. The van der Waals surface area contributed by atoms with Gasteiger partial charge in [-0.05, 0) is 12.1 Å². The van der Waals surface area contributed by atoms with Gasteiger partial charge in [-0.25, -0.2) is 8.78 Å². The molecular weight excluding hydrogens is 234 g/mol. The fraction of sp³-hybridized carbons (Fsp3) is 0. The van der Waals surface area contributed by atoms with Gasteiger partial charge in [0.15, 0.2) is 17.9 Å². The third-order valence-corrected chi connectivity index (χ3v) is 2.67. The Kier molecular flexibility index (Phi) is 2.96. The van der Waals surface area contributed by atoms with Crippen molar-refractivity contribution in [3.05, 3.63) is 46.2 Å². The standard InChI is InChI=1S/C11H6F2O2S/c12-7-1-2-11(10(13)3-7)15-8-4-9(5-14)16-6-8/h1-6H. The number of thiophene rings is 1. The zero-order valence-electron chi connectivity index (χ0n) is 7.94. The Labute approximate surface area is 94.1 Å². The minimum Gasteiger partial charge on any atom is -0.453 e. The van der Waals surface area contributed by atoms with Crippen molar-refractivity contribution in [1.29, 1.82) is 0 Å². The molecule has 0 saturated carbocycles. The molecule has 0 unspecified atom stereocenters. The minimum atomic E-state index is -0.779. The number of hydrogen-bond donors (Lipinski definition) is 0. The van der Waals surface area contributed by atoms with Crippen molar-refractivity contribution < 1.29 is 18.3 Å². The molecule has 0 fully saturated rings. The van der Waals surface area contributed by atoms with Gasteiger partial charge >= 0.3 is 0 Å². The van der Waals surface area contributed by atoms with Crippen LogP contribution < -0.4 is 4.74 Å². The first kappa shape index (κ1) is 10.8. The second-order valence-corrected chi connectivity index (χ2v) is 3.92. The zero-order valence-corrected chi connectivity index (χ0v) is 8.76. The summed E-state index contributed by atoms with van der Waals surface area (Å²) in [6.07, 6.45) is 0.679. The molecule has 0 amide bonds. The lowest BCUT2D eigenvalue weighted by molar-refractivity contribution is 0.112. The summed E-state index contributed by atoms with van der Waals surface area (Å²) in [7, 11) is 0. The maximum Gasteiger partial charge on any atom is 0.168 e. The molecule has 1 heterocycles. The van der Waals surface area contributed by atoms with Gasteiger partial charge in [0.05, 0.1) is 4.88 Å². The Balaban J connectivity index is 2.23. The van der Waals surface area contributed by atoms with Crippen LogP contribution in [0.4, 0.5) is 8.78 Å². The van der Waals surface area contributed by atoms with E-state index in [1.807, 2.05) is 0 Å². The van der Waals surface area contributed by atoms with Crippen molar-refractivity contribution in [1.82, 2.24) is 0 Å². The van der Waals surface area contributed by atoms with Gasteiger partial charge in [0.25, 0.3) is 0 Å². The molecule has 2 aromatic rings. The number of rotatable bonds is 3. The fourth-order valence-corrected chi connectivity index (χ4v) is 1.74. The average Bonchev–Trinajstić information content (AvgIpc) is 2.70. The Morgan fingerprint density at radius 2 is 2.06 bits per heavy atom. The van der Waals surface area contributed by atoms with Gasteiger partial charge in [-0.2, -0.15) is 0 Å². The minimum absolute atomic E-state index is 0.0725. The lowest BCUT2D eigenvalue weighted by Gasteiger charge is -2.03. The Bertz CT molecular complexity index is 522. The van der Waals surface area contributed by atoms with Crippen LogP contribution in [0.15, 0.2) is 29.6 Å². The van der Waals surface area contributed by atoms with E-state index < -0.39 is 11.6 Å². The molecule has 0 atom stereocenters. The summed E-state index contributed by atoms with van der Waals surface area (Å²) in [5.74, 6) is -1.16. The summed E-state index contributed by atoms with van der Waals surface area (Å²) in [6.45, 7) is 0. The van der Waals surface area contributed by atoms with Crippen LogP contribution in [0.25, 0.3) is 0 Å². The lowest BCUT2D eigenvalue weighted by Crippen LogP contribution is -1.87. The van der Waals surface area contributed by atoms with Crippen molar-refractivity contribution in [2.75, 3.05) is 0 Å². The molecule has 82 valence electrons. The third kappa shape index (κ3) is 2.25. The molecule has 5 heteroatoms. The van der Waals surface area contributed by atoms with Gasteiger partial charge in [0.1, 0.15) is 11.6 Å². The first-order chi connectivity index (χ1) is 7.69. The van der Waals surface area contributed by atoms with E-state index in [1.54, 1.807) is 5.38 Å². The van der Waals surface area contributed by atoms with E-state index in [0.29, 0.717) is 16.9 Å². The second kappa shape index (κ2) is 4.40. The van der Waals surface area contributed by atoms with E-state index in [9.17, 15) is 13.6 Å². The van der Waals surface area contributed by atoms with Crippen LogP contribution in [0, 0.1) is 11.6 Å². The second-order valence-electron chi connectivity index (χ2n) is 2.98. The molecule has 1 aromatic carbocycles. The van der Waals surface area contributed by atoms with E-state index in [0.717, 1.165) is 12.1 Å². The molecule has 0 aliphatic carbocycles. The summed E-state index contributed by atoms with van der Waals surface area (Å²) < 4.78 is 31.0. The van der Waals surface area contributed by atoms with E-state index in [1.165, 1.54) is 23.5 Å². The molecule has 0 radical (unpaired) electrons. The number of aldehydes is 1. The van der Waals surface area contributed by atoms with E-state index >= 15 is 0 Å². The van der Waals surface area contributed by atoms with E-state index in [-0.39, 0.29) is 5.75 Å². The highest BCUT2D eigenvalue weighted by molar-refractivity contribution is 7.11. The number of carbonyl (C=O) groups is 1. The number of ether oxygens (including phenoxy) is 1. The fourth-order valence-electron chi connectivity index (χ4n) is 1.13. The zero-order chi connectivity index (χ0) is 11.5. The van der Waals surface area contributed by atoms with Crippen LogP contribution in [0.3, 0.4) is 0 Å². The van der Waals surface area contributed by atoms with E-state index in [4.69, 9.17) is 4.74 Å². The maximum atomic E-state index is 13.2. The molecule has 0 bridgehead atoms.